The van der Waals surface area contributed by atoms with Gasteiger partial charge in [-0.25, -0.2) is 0 Å². The van der Waals surface area contributed by atoms with Gasteiger partial charge in [0.1, 0.15) is 0 Å². The number of hydrogen-bond donors (Lipinski definition) is 1. The molecular formula is C13H29NO. The van der Waals surface area contributed by atoms with Gasteiger partial charge in [-0.05, 0) is 30.2 Å². The van der Waals surface area contributed by atoms with Crippen molar-refractivity contribution < 1.29 is 4.74 Å². The number of rotatable bonds is 7. The fourth-order valence-corrected chi connectivity index (χ4v) is 1.76. The zero-order valence-corrected chi connectivity index (χ0v) is 11.4. The van der Waals surface area contributed by atoms with Gasteiger partial charge in [-0.2, -0.15) is 0 Å². The third kappa shape index (κ3) is 7.80. The lowest BCUT2D eigenvalue weighted by Crippen LogP contribution is -2.34. The molecule has 0 aromatic heterocycles. The molecule has 0 saturated heterocycles. The first-order valence-electron chi connectivity index (χ1n) is 6.07. The van der Waals surface area contributed by atoms with E-state index >= 15 is 0 Å². The number of ether oxygens (including phenoxy) is 1. The van der Waals surface area contributed by atoms with E-state index in [0.29, 0.717) is 5.41 Å². The van der Waals surface area contributed by atoms with Crippen LogP contribution in [0.1, 0.15) is 41.0 Å². The molecule has 0 aromatic carbocycles. The zero-order chi connectivity index (χ0) is 11.9. The summed E-state index contributed by atoms with van der Waals surface area (Å²) in [5.41, 5.74) is 0.393. The first-order valence-corrected chi connectivity index (χ1v) is 6.07. The van der Waals surface area contributed by atoms with E-state index in [0.717, 1.165) is 31.5 Å². The molecule has 0 radical (unpaired) electrons. The standard InChI is InChI=1S/C13H29NO/c1-11(2)9-12(13(3,4)5)10-14-7-8-15-6/h11-12,14H,7-10H2,1-6H3. The summed E-state index contributed by atoms with van der Waals surface area (Å²) in [6.07, 6.45) is 1.30. The Morgan fingerprint density at radius 3 is 2.20 bits per heavy atom. The molecule has 0 aliphatic heterocycles. The predicted molar refractivity (Wildman–Crippen MR) is 67.1 cm³/mol. The van der Waals surface area contributed by atoms with Crippen LogP contribution >= 0.6 is 0 Å². The van der Waals surface area contributed by atoms with Gasteiger partial charge in [-0.1, -0.05) is 34.6 Å². The fourth-order valence-electron chi connectivity index (χ4n) is 1.76. The van der Waals surface area contributed by atoms with Crippen LogP contribution in [0, 0.1) is 17.3 Å². The van der Waals surface area contributed by atoms with E-state index in [1.165, 1.54) is 6.42 Å². The van der Waals surface area contributed by atoms with Crippen LogP contribution in [-0.4, -0.2) is 26.8 Å². The molecule has 0 aliphatic carbocycles. The molecule has 2 heteroatoms. The second kappa shape index (κ2) is 7.24. The average Bonchev–Trinajstić information content (AvgIpc) is 2.08. The Morgan fingerprint density at radius 2 is 1.80 bits per heavy atom. The van der Waals surface area contributed by atoms with E-state index in [2.05, 4.69) is 39.9 Å². The van der Waals surface area contributed by atoms with Crippen molar-refractivity contribution in [1.29, 1.82) is 0 Å². The molecule has 0 bridgehead atoms. The van der Waals surface area contributed by atoms with Gasteiger partial charge in [0, 0.05) is 13.7 Å². The highest BCUT2D eigenvalue weighted by molar-refractivity contribution is 4.77. The first kappa shape index (κ1) is 14.9. The number of nitrogens with one attached hydrogen (secondary N) is 1. The highest BCUT2D eigenvalue weighted by Crippen LogP contribution is 2.30. The molecule has 0 fully saturated rings. The van der Waals surface area contributed by atoms with Crippen LogP contribution in [0.15, 0.2) is 0 Å². The molecule has 1 unspecified atom stereocenters. The molecule has 0 amide bonds. The number of methoxy groups -OCH3 is 1. The lowest BCUT2D eigenvalue weighted by Gasteiger charge is -2.32. The Labute approximate surface area is 95.8 Å². The summed E-state index contributed by atoms with van der Waals surface area (Å²) in [5.74, 6) is 1.52. The van der Waals surface area contributed by atoms with Crippen molar-refractivity contribution in [3.05, 3.63) is 0 Å². The van der Waals surface area contributed by atoms with Gasteiger partial charge in [0.15, 0.2) is 0 Å². The maximum Gasteiger partial charge on any atom is 0.0587 e. The van der Waals surface area contributed by atoms with Gasteiger partial charge in [-0.3, -0.25) is 0 Å². The predicted octanol–water partition coefficient (Wildman–Crippen LogP) is 2.93. The van der Waals surface area contributed by atoms with Gasteiger partial charge in [-0.15, -0.1) is 0 Å². The zero-order valence-electron chi connectivity index (χ0n) is 11.4. The topological polar surface area (TPSA) is 21.3 Å². The van der Waals surface area contributed by atoms with Crippen LogP contribution in [0.4, 0.5) is 0 Å². The first-order chi connectivity index (χ1) is 6.88. The molecule has 1 atom stereocenters. The van der Waals surface area contributed by atoms with E-state index in [1.54, 1.807) is 7.11 Å². The largest absolute Gasteiger partial charge is 0.383 e. The molecule has 0 aromatic rings. The summed E-state index contributed by atoms with van der Waals surface area (Å²) < 4.78 is 5.03. The third-order valence-corrected chi connectivity index (χ3v) is 2.85. The van der Waals surface area contributed by atoms with Crippen LogP contribution in [0.2, 0.25) is 0 Å². The van der Waals surface area contributed by atoms with E-state index < -0.39 is 0 Å². The highest BCUT2D eigenvalue weighted by Gasteiger charge is 2.24. The maximum atomic E-state index is 5.03. The Balaban J connectivity index is 3.92. The summed E-state index contributed by atoms with van der Waals surface area (Å²) in [6, 6.07) is 0. The van der Waals surface area contributed by atoms with Crippen molar-refractivity contribution in [3.8, 4) is 0 Å². The van der Waals surface area contributed by atoms with E-state index in [-0.39, 0.29) is 0 Å². The molecule has 0 saturated carbocycles. The molecule has 0 aliphatic rings. The minimum absolute atomic E-state index is 0.393. The van der Waals surface area contributed by atoms with E-state index in [9.17, 15) is 0 Å². The number of hydrogen-bond acceptors (Lipinski definition) is 2. The lowest BCUT2D eigenvalue weighted by molar-refractivity contribution is 0.175. The van der Waals surface area contributed by atoms with Gasteiger partial charge in [0.2, 0.25) is 0 Å². The molecule has 92 valence electrons. The molecular weight excluding hydrogens is 186 g/mol. The van der Waals surface area contributed by atoms with Crippen molar-refractivity contribution in [2.75, 3.05) is 26.8 Å². The van der Waals surface area contributed by atoms with Crippen LogP contribution in [-0.2, 0) is 4.74 Å². The average molecular weight is 215 g/mol. The molecule has 15 heavy (non-hydrogen) atoms. The fraction of sp³-hybridized carbons (Fsp3) is 1.00. The molecule has 1 N–H and O–H groups in total. The summed E-state index contributed by atoms with van der Waals surface area (Å²) in [5, 5.41) is 3.47. The van der Waals surface area contributed by atoms with E-state index in [4.69, 9.17) is 4.74 Å². The molecule has 0 spiro atoms. The van der Waals surface area contributed by atoms with Crippen LogP contribution in [0.5, 0.6) is 0 Å². The van der Waals surface area contributed by atoms with Crippen molar-refractivity contribution in [2.45, 2.75) is 41.0 Å². The lowest BCUT2D eigenvalue weighted by atomic mass is 9.76. The Kier molecular flexibility index (Phi) is 7.20. The van der Waals surface area contributed by atoms with Gasteiger partial charge < -0.3 is 10.1 Å². The molecule has 2 nitrogen and oxygen atoms in total. The summed E-state index contributed by atoms with van der Waals surface area (Å²) in [4.78, 5) is 0. The molecule has 0 heterocycles. The third-order valence-electron chi connectivity index (χ3n) is 2.85. The minimum Gasteiger partial charge on any atom is -0.383 e. The normalized spacial score (nSPS) is 14.6. The Bertz CT molecular complexity index is 149. The second-order valence-corrected chi connectivity index (χ2v) is 5.89. The van der Waals surface area contributed by atoms with E-state index in [1.807, 2.05) is 0 Å². The summed E-state index contributed by atoms with van der Waals surface area (Å²) in [6.45, 7) is 14.5. The Morgan fingerprint density at radius 1 is 1.20 bits per heavy atom. The van der Waals surface area contributed by atoms with Crippen LogP contribution in [0.25, 0.3) is 0 Å². The monoisotopic (exact) mass is 215 g/mol. The van der Waals surface area contributed by atoms with Gasteiger partial charge in [0.25, 0.3) is 0 Å². The van der Waals surface area contributed by atoms with Crippen molar-refractivity contribution in [3.63, 3.8) is 0 Å². The highest BCUT2D eigenvalue weighted by atomic mass is 16.5. The minimum atomic E-state index is 0.393. The summed E-state index contributed by atoms with van der Waals surface area (Å²) in [7, 11) is 1.75. The quantitative estimate of drug-likeness (QED) is 0.659. The smallest absolute Gasteiger partial charge is 0.0587 e. The van der Waals surface area contributed by atoms with Crippen molar-refractivity contribution >= 4 is 0 Å². The van der Waals surface area contributed by atoms with Gasteiger partial charge in [0.05, 0.1) is 6.61 Å². The van der Waals surface area contributed by atoms with Crippen LogP contribution < -0.4 is 5.32 Å². The Hall–Kier alpha value is -0.0800. The summed E-state index contributed by atoms with van der Waals surface area (Å²) >= 11 is 0. The SMILES string of the molecule is COCCNCC(CC(C)C)C(C)(C)C. The molecule has 0 rings (SSSR count). The maximum absolute atomic E-state index is 5.03. The van der Waals surface area contributed by atoms with Crippen molar-refractivity contribution in [2.24, 2.45) is 17.3 Å². The second-order valence-electron chi connectivity index (χ2n) is 5.89. The van der Waals surface area contributed by atoms with Gasteiger partial charge >= 0.3 is 0 Å². The van der Waals surface area contributed by atoms with Crippen LogP contribution in [0.3, 0.4) is 0 Å². The van der Waals surface area contributed by atoms with Crippen molar-refractivity contribution in [1.82, 2.24) is 5.32 Å².